The third-order valence-electron chi connectivity index (χ3n) is 6.24. The Morgan fingerprint density at radius 1 is 0.879 bits per heavy atom. The molecule has 33 heavy (non-hydrogen) atoms. The lowest BCUT2D eigenvalue weighted by Crippen LogP contribution is -2.47. The summed E-state index contributed by atoms with van der Waals surface area (Å²) in [6, 6.07) is 17.2. The monoisotopic (exact) mass is 471 g/mol. The molecular weight excluding hydrogens is 438 g/mol. The third kappa shape index (κ3) is 7.14. The molecule has 178 valence electrons. The van der Waals surface area contributed by atoms with Crippen molar-refractivity contribution in [3.05, 3.63) is 66.2 Å². The van der Waals surface area contributed by atoms with E-state index in [9.17, 15) is 18.0 Å². The molecule has 1 saturated carbocycles. The van der Waals surface area contributed by atoms with Crippen molar-refractivity contribution in [3.63, 3.8) is 0 Å². The molecule has 3 rings (SSSR count). The van der Waals surface area contributed by atoms with E-state index < -0.39 is 16.1 Å². The van der Waals surface area contributed by atoms with Gasteiger partial charge in [-0.3, -0.25) is 9.59 Å². The minimum atomic E-state index is -3.52. The van der Waals surface area contributed by atoms with Gasteiger partial charge in [0.1, 0.15) is 6.04 Å². The van der Waals surface area contributed by atoms with Crippen LogP contribution in [0.25, 0.3) is 0 Å². The number of carbonyl (C=O) groups is 2. The summed E-state index contributed by atoms with van der Waals surface area (Å²) in [5.74, 6) is -0.300. The Hall–Kier alpha value is -2.71. The van der Waals surface area contributed by atoms with Crippen LogP contribution in [0, 0.1) is 11.8 Å². The molecule has 2 aromatic rings. The molecule has 3 N–H and O–H groups in total. The first-order chi connectivity index (χ1) is 15.8. The maximum atomic E-state index is 12.7. The number of amides is 2. The predicted molar refractivity (Wildman–Crippen MR) is 128 cm³/mol. The van der Waals surface area contributed by atoms with Crippen LogP contribution >= 0.6 is 0 Å². The second-order valence-corrected chi connectivity index (χ2v) is 10.5. The molecule has 0 radical (unpaired) electrons. The Morgan fingerprint density at radius 2 is 1.45 bits per heavy atom. The van der Waals surface area contributed by atoms with Crippen molar-refractivity contribution in [1.82, 2.24) is 15.4 Å². The summed E-state index contributed by atoms with van der Waals surface area (Å²) in [5, 5.41) is 5.77. The molecule has 2 aromatic carbocycles. The fourth-order valence-corrected chi connectivity index (χ4v) is 5.24. The molecule has 2 atom stereocenters. The van der Waals surface area contributed by atoms with Crippen molar-refractivity contribution >= 4 is 21.8 Å². The zero-order valence-electron chi connectivity index (χ0n) is 19.2. The molecule has 1 aliphatic rings. The van der Waals surface area contributed by atoms with Crippen LogP contribution < -0.4 is 15.4 Å². The van der Waals surface area contributed by atoms with Gasteiger partial charge >= 0.3 is 0 Å². The van der Waals surface area contributed by atoms with Crippen molar-refractivity contribution < 1.29 is 18.0 Å². The van der Waals surface area contributed by atoms with Gasteiger partial charge in [0.25, 0.3) is 0 Å². The molecule has 0 heterocycles. The number of sulfonamides is 1. The van der Waals surface area contributed by atoms with Gasteiger partial charge in [-0.05, 0) is 63.1 Å². The van der Waals surface area contributed by atoms with Gasteiger partial charge < -0.3 is 10.6 Å². The molecule has 8 heteroatoms. The molecule has 0 spiro atoms. The molecule has 2 amide bonds. The summed E-state index contributed by atoms with van der Waals surface area (Å²) in [4.78, 5) is 25.4. The van der Waals surface area contributed by atoms with Crippen LogP contribution in [0.1, 0.15) is 51.1 Å². The number of hydrogen-bond acceptors (Lipinski definition) is 4. The largest absolute Gasteiger partial charge is 0.348 e. The summed E-state index contributed by atoms with van der Waals surface area (Å²) in [7, 11) is -3.52. The van der Waals surface area contributed by atoms with E-state index in [1.807, 2.05) is 37.3 Å². The van der Waals surface area contributed by atoms with Crippen molar-refractivity contribution in [1.29, 1.82) is 0 Å². The number of hydrogen-bond donors (Lipinski definition) is 3. The van der Waals surface area contributed by atoms with E-state index in [-0.39, 0.29) is 34.6 Å². The quantitative estimate of drug-likeness (QED) is 0.523. The highest BCUT2D eigenvalue weighted by Gasteiger charge is 2.29. The summed E-state index contributed by atoms with van der Waals surface area (Å²) >= 11 is 0. The third-order valence-corrected chi connectivity index (χ3v) is 7.68. The lowest BCUT2D eigenvalue weighted by atomic mass is 9.81. The molecule has 0 saturated heterocycles. The summed E-state index contributed by atoms with van der Waals surface area (Å²) in [6.45, 7) is 3.96. The van der Waals surface area contributed by atoms with Gasteiger partial charge in [-0.1, -0.05) is 48.5 Å². The first kappa shape index (κ1) is 24.9. The van der Waals surface area contributed by atoms with Crippen LogP contribution in [0.15, 0.2) is 65.6 Å². The Balaban J connectivity index is 1.41. The first-order valence-corrected chi connectivity index (χ1v) is 12.9. The highest BCUT2D eigenvalue weighted by molar-refractivity contribution is 7.89. The van der Waals surface area contributed by atoms with Gasteiger partial charge in [-0.25, -0.2) is 13.1 Å². The van der Waals surface area contributed by atoms with Crippen LogP contribution in [0.3, 0.4) is 0 Å². The molecule has 0 unspecified atom stereocenters. The van der Waals surface area contributed by atoms with Crippen LogP contribution in [-0.2, 0) is 19.6 Å². The normalized spacial score (nSPS) is 20.4. The Labute approximate surface area is 196 Å². The van der Waals surface area contributed by atoms with E-state index in [4.69, 9.17) is 0 Å². The average molecular weight is 472 g/mol. The predicted octanol–water partition coefficient (Wildman–Crippen LogP) is 3.15. The zero-order chi connectivity index (χ0) is 23.8. The molecular formula is C25H33N3O4S. The van der Waals surface area contributed by atoms with E-state index in [2.05, 4.69) is 15.4 Å². The number of rotatable bonds is 9. The highest BCUT2D eigenvalue weighted by Crippen LogP contribution is 2.29. The van der Waals surface area contributed by atoms with E-state index in [1.165, 1.54) is 0 Å². The van der Waals surface area contributed by atoms with E-state index in [1.54, 1.807) is 37.3 Å². The minimum absolute atomic E-state index is 0.117. The summed E-state index contributed by atoms with van der Waals surface area (Å²) in [6.07, 6.45) is 2.89. The SMILES string of the molecule is C[C@@H](NC(=O)C1CCC(CNS(=O)(=O)c2ccccc2)CC1)C(=O)N[C@H](C)c1ccccc1. The van der Waals surface area contributed by atoms with Gasteiger partial charge in [0.2, 0.25) is 21.8 Å². The molecule has 0 bridgehead atoms. The van der Waals surface area contributed by atoms with Gasteiger partial charge in [0.15, 0.2) is 0 Å². The Bertz CT molecular complexity index is 1020. The number of nitrogens with one attached hydrogen (secondary N) is 3. The Morgan fingerprint density at radius 3 is 2.06 bits per heavy atom. The second-order valence-electron chi connectivity index (χ2n) is 8.75. The lowest BCUT2D eigenvalue weighted by molar-refractivity contribution is -0.131. The molecule has 0 aliphatic heterocycles. The van der Waals surface area contributed by atoms with Crippen LogP contribution in [0.2, 0.25) is 0 Å². The Kier molecular flexibility index (Phi) is 8.63. The van der Waals surface area contributed by atoms with Crippen LogP contribution in [0.5, 0.6) is 0 Å². The average Bonchev–Trinajstić information content (AvgIpc) is 2.84. The van der Waals surface area contributed by atoms with Gasteiger partial charge in [0, 0.05) is 12.5 Å². The second kappa shape index (κ2) is 11.4. The first-order valence-electron chi connectivity index (χ1n) is 11.5. The van der Waals surface area contributed by atoms with E-state index in [0.717, 1.165) is 18.4 Å². The standard InChI is InChI=1S/C25H33N3O4S/c1-18(21-9-5-3-6-10-21)27-24(29)19(2)28-25(30)22-15-13-20(14-16-22)17-26-33(31,32)23-11-7-4-8-12-23/h3-12,18-20,22,26H,13-17H2,1-2H3,(H,27,29)(H,28,30)/t18-,19-,20?,22?/m1/s1. The van der Waals surface area contributed by atoms with Crippen LogP contribution in [0.4, 0.5) is 0 Å². The van der Waals surface area contributed by atoms with Gasteiger partial charge in [-0.2, -0.15) is 0 Å². The smallest absolute Gasteiger partial charge is 0.242 e. The van der Waals surface area contributed by atoms with Crippen molar-refractivity contribution in [2.45, 2.75) is 56.5 Å². The fraction of sp³-hybridized carbons (Fsp3) is 0.440. The van der Waals surface area contributed by atoms with Crippen molar-refractivity contribution in [2.75, 3.05) is 6.54 Å². The van der Waals surface area contributed by atoms with Crippen LogP contribution in [-0.4, -0.2) is 32.8 Å². The topological polar surface area (TPSA) is 104 Å². The number of benzene rings is 2. The van der Waals surface area contributed by atoms with Gasteiger partial charge in [-0.15, -0.1) is 0 Å². The lowest BCUT2D eigenvalue weighted by Gasteiger charge is -2.29. The highest BCUT2D eigenvalue weighted by atomic mass is 32.2. The maximum absolute atomic E-state index is 12.7. The minimum Gasteiger partial charge on any atom is -0.348 e. The summed E-state index contributed by atoms with van der Waals surface area (Å²) in [5.41, 5.74) is 1.01. The van der Waals surface area contributed by atoms with E-state index >= 15 is 0 Å². The molecule has 7 nitrogen and oxygen atoms in total. The van der Waals surface area contributed by atoms with Crippen molar-refractivity contribution in [3.8, 4) is 0 Å². The molecule has 1 aliphatic carbocycles. The molecule has 1 fully saturated rings. The molecule has 0 aromatic heterocycles. The number of carbonyl (C=O) groups excluding carboxylic acids is 2. The van der Waals surface area contributed by atoms with Crippen molar-refractivity contribution in [2.24, 2.45) is 11.8 Å². The zero-order valence-corrected chi connectivity index (χ0v) is 20.0. The maximum Gasteiger partial charge on any atom is 0.242 e. The van der Waals surface area contributed by atoms with E-state index in [0.29, 0.717) is 19.4 Å². The summed E-state index contributed by atoms with van der Waals surface area (Å²) < 4.78 is 27.5. The fourth-order valence-electron chi connectivity index (χ4n) is 4.10. The van der Waals surface area contributed by atoms with Gasteiger partial charge in [0.05, 0.1) is 10.9 Å².